The van der Waals surface area contributed by atoms with Crippen LogP contribution in [0.3, 0.4) is 0 Å². The van der Waals surface area contributed by atoms with Gasteiger partial charge in [-0.05, 0) is 85.2 Å². The number of amides is 1. The molecule has 2 N–H and O–H groups in total. The van der Waals surface area contributed by atoms with Crippen molar-refractivity contribution in [3.05, 3.63) is 89.5 Å². The van der Waals surface area contributed by atoms with E-state index < -0.39 is 17.5 Å². The number of carbonyl (C=O) groups is 3. The molecule has 0 bridgehead atoms. The number of hydrogen-bond donors (Lipinski definition) is 2. The molecule has 7 rings (SSSR count). The van der Waals surface area contributed by atoms with Crippen molar-refractivity contribution in [1.82, 2.24) is 9.88 Å². The Morgan fingerprint density at radius 3 is 2.46 bits per heavy atom. The van der Waals surface area contributed by atoms with Gasteiger partial charge in [0.15, 0.2) is 0 Å². The fourth-order valence-electron chi connectivity index (χ4n) is 7.55. The maximum atomic E-state index is 13.9. The van der Waals surface area contributed by atoms with E-state index in [0.29, 0.717) is 48.8 Å². The minimum Gasteiger partial charge on any atom is -0.491 e. The maximum absolute atomic E-state index is 13.9. The Morgan fingerprint density at radius 2 is 1.70 bits per heavy atom. The summed E-state index contributed by atoms with van der Waals surface area (Å²) in [6, 6.07) is 20.8. The van der Waals surface area contributed by atoms with E-state index in [0.717, 1.165) is 48.6 Å². The number of para-hydroxylation sites is 1. The average molecular weight is 619 g/mol. The zero-order valence-electron chi connectivity index (χ0n) is 25.8. The van der Waals surface area contributed by atoms with Crippen molar-refractivity contribution >= 4 is 34.8 Å². The highest BCUT2D eigenvalue weighted by Gasteiger charge is 2.44. The Labute approximate surface area is 268 Å². The quantitative estimate of drug-likeness (QED) is 0.126. The molecule has 2 heterocycles. The van der Waals surface area contributed by atoms with Crippen LogP contribution in [0.4, 0.5) is 0 Å². The highest BCUT2D eigenvalue weighted by molar-refractivity contribution is 6.03. The van der Waals surface area contributed by atoms with Gasteiger partial charge in [-0.15, -0.1) is 0 Å². The smallest absolute Gasteiger partial charge is 0.337 e. The lowest BCUT2D eigenvalue weighted by atomic mass is 9.81. The Bertz CT molecular complexity index is 1820. The van der Waals surface area contributed by atoms with E-state index in [4.69, 9.17) is 14.6 Å². The lowest BCUT2D eigenvalue weighted by molar-refractivity contribution is -0.141. The van der Waals surface area contributed by atoms with E-state index in [1.807, 2.05) is 24.3 Å². The third-order valence-corrected chi connectivity index (χ3v) is 9.80. The van der Waals surface area contributed by atoms with Crippen LogP contribution in [0.5, 0.6) is 11.5 Å². The summed E-state index contributed by atoms with van der Waals surface area (Å²) in [5.41, 5.74) is 4.74. The van der Waals surface area contributed by atoms with E-state index in [1.54, 1.807) is 24.3 Å². The third kappa shape index (κ3) is 5.68. The van der Waals surface area contributed by atoms with E-state index in [1.165, 1.54) is 42.0 Å². The predicted molar refractivity (Wildman–Crippen MR) is 176 cm³/mol. The summed E-state index contributed by atoms with van der Waals surface area (Å²) < 4.78 is 14.3. The number of nitrogens with zero attached hydrogens (tertiary/aromatic N) is 1. The molecule has 4 aromatic rings. The Kier molecular flexibility index (Phi) is 8.11. The first-order chi connectivity index (χ1) is 22.4. The van der Waals surface area contributed by atoms with E-state index in [9.17, 15) is 14.4 Å². The van der Waals surface area contributed by atoms with Crippen molar-refractivity contribution < 1.29 is 29.0 Å². The highest BCUT2D eigenvalue weighted by Crippen LogP contribution is 2.47. The third-order valence-electron chi connectivity index (χ3n) is 9.80. The highest BCUT2D eigenvalue weighted by atomic mass is 16.5. The van der Waals surface area contributed by atoms with E-state index >= 15 is 0 Å². The fourth-order valence-corrected chi connectivity index (χ4v) is 7.55. The summed E-state index contributed by atoms with van der Waals surface area (Å²) in [4.78, 5) is 38.3. The molecule has 1 amide bonds. The van der Waals surface area contributed by atoms with Crippen molar-refractivity contribution in [2.24, 2.45) is 0 Å². The number of esters is 1. The van der Waals surface area contributed by atoms with Crippen LogP contribution in [0.15, 0.2) is 72.8 Å². The van der Waals surface area contributed by atoms with Gasteiger partial charge < -0.3 is 24.5 Å². The number of aromatic nitrogens is 1. The first kappa shape index (κ1) is 29.8. The normalized spacial score (nSPS) is 17.6. The summed E-state index contributed by atoms with van der Waals surface area (Å²) in [6.45, 7) is 1.22. The molecule has 3 aromatic carbocycles. The van der Waals surface area contributed by atoms with Crippen LogP contribution in [0, 0.1) is 0 Å². The van der Waals surface area contributed by atoms with Crippen LogP contribution >= 0.6 is 0 Å². The molecule has 0 radical (unpaired) electrons. The molecule has 3 aliphatic rings. The summed E-state index contributed by atoms with van der Waals surface area (Å²) in [5.74, 6) is -0.129. The summed E-state index contributed by atoms with van der Waals surface area (Å²) in [5, 5.41) is 13.1. The van der Waals surface area contributed by atoms with Gasteiger partial charge in [-0.2, -0.15) is 0 Å². The van der Waals surface area contributed by atoms with Gasteiger partial charge in [0.25, 0.3) is 5.91 Å². The SMILES string of the molecule is O=C(O)/C=C/c1ccc(OC(=O)C2(NC(=O)c3ccc4c(C5CCCCC5)c5n(c4c3)CCOc3ccccc3-5)CCCC2)cc1. The fraction of sp³-hybridized carbons (Fsp3) is 0.342. The van der Waals surface area contributed by atoms with Gasteiger partial charge in [0, 0.05) is 28.1 Å². The zero-order chi connectivity index (χ0) is 31.7. The maximum Gasteiger partial charge on any atom is 0.337 e. The second-order valence-electron chi connectivity index (χ2n) is 12.7. The first-order valence-electron chi connectivity index (χ1n) is 16.4. The van der Waals surface area contributed by atoms with Crippen molar-refractivity contribution in [3.63, 3.8) is 0 Å². The molecular formula is C38H38N2O6. The molecular weight excluding hydrogens is 580 g/mol. The largest absolute Gasteiger partial charge is 0.491 e. The lowest BCUT2D eigenvalue weighted by Gasteiger charge is -2.28. The topological polar surface area (TPSA) is 107 Å². The number of hydrogen-bond acceptors (Lipinski definition) is 5. The van der Waals surface area contributed by atoms with Gasteiger partial charge in [-0.25, -0.2) is 9.59 Å². The minimum absolute atomic E-state index is 0.296. The molecule has 2 aliphatic carbocycles. The molecule has 1 aromatic heterocycles. The van der Waals surface area contributed by atoms with Crippen molar-refractivity contribution in [1.29, 1.82) is 0 Å². The van der Waals surface area contributed by atoms with Crippen molar-refractivity contribution in [3.8, 4) is 22.8 Å². The molecule has 0 unspecified atom stereocenters. The average Bonchev–Trinajstić information content (AvgIpc) is 3.62. The van der Waals surface area contributed by atoms with Gasteiger partial charge in [0.2, 0.25) is 0 Å². The second kappa shape index (κ2) is 12.5. The molecule has 46 heavy (non-hydrogen) atoms. The number of nitrogens with one attached hydrogen (secondary N) is 1. The van der Waals surface area contributed by atoms with Gasteiger partial charge >= 0.3 is 11.9 Å². The summed E-state index contributed by atoms with van der Waals surface area (Å²) in [6.07, 6.45) is 11.2. The van der Waals surface area contributed by atoms with Crippen LogP contribution in [-0.4, -0.2) is 39.7 Å². The number of carboxylic acid groups (broad SMARTS) is 1. The zero-order valence-corrected chi connectivity index (χ0v) is 25.8. The Balaban J connectivity index is 1.19. The van der Waals surface area contributed by atoms with E-state index in [-0.39, 0.29) is 5.91 Å². The molecule has 0 saturated heterocycles. The standard InChI is InChI=1S/C38H38N2O6/c41-33(42)19-14-25-12-16-28(17-13-25)46-37(44)38(20-6-7-21-38)39-36(43)27-15-18-29-31(24-27)40-22-23-45-32-11-5-4-10-30(32)35(40)34(29)26-8-2-1-3-9-26/h4-5,10-19,24,26H,1-3,6-9,20-23H2,(H,39,43)(H,41,42)/b19-14+. The molecule has 8 heteroatoms. The van der Waals surface area contributed by atoms with Crippen LogP contribution in [0.2, 0.25) is 0 Å². The molecule has 236 valence electrons. The lowest BCUT2D eigenvalue weighted by Crippen LogP contribution is -2.54. The number of carboxylic acids is 1. The molecule has 1 aliphatic heterocycles. The van der Waals surface area contributed by atoms with Crippen LogP contribution < -0.4 is 14.8 Å². The number of ether oxygens (including phenoxy) is 2. The van der Waals surface area contributed by atoms with Gasteiger partial charge in [-0.1, -0.05) is 62.4 Å². The van der Waals surface area contributed by atoms with Gasteiger partial charge in [0.1, 0.15) is 23.6 Å². The number of benzene rings is 3. The number of carbonyl (C=O) groups excluding carboxylic acids is 2. The second-order valence-corrected chi connectivity index (χ2v) is 12.7. The molecule has 0 spiro atoms. The Hall–Kier alpha value is -4.85. The molecule has 8 nitrogen and oxygen atoms in total. The van der Waals surface area contributed by atoms with Crippen molar-refractivity contribution in [2.75, 3.05) is 6.61 Å². The number of fused-ring (bicyclic) bond motifs is 5. The summed E-state index contributed by atoms with van der Waals surface area (Å²) >= 11 is 0. The van der Waals surface area contributed by atoms with Crippen molar-refractivity contribution in [2.45, 2.75) is 75.8 Å². The van der Waals surface area contributed by atoms with Gasteiger partial charge in [0.05, 0.1) is 12.2 Å². The predicted octanol–water partition coefficient (Wildman–Crippen LogP) is 7.49. The van der Waals surface area contributed by atoms with Crippen LogP contribution in [0.25, 0.3) is 28.2 Å². The van der Waals surface area contributed by atoms with E-state index in [2.05, 4.69) is 28.1 Å². The monoisotopic (exact) mass is 618 g/mol. The molecule has 0 atom stereocenters. The Morgan fingerprint density at radius 1 is 0.935 bits per heavy atom. The number of aliphatic carboxylic acids is 1. The molecule has 2 fully saturated rings. The number of rotatable bonds is 7. The molecule has 2 saturated carbocycles. The first-order valence-corrected chi connectivity index (χ1v) is 16.4. The summed E-state index contributed by atoms with van der Waals surface area (Å²) in [7, 11) is 0. The van der Waals surface area contributed by atoms with Crippen LogP contribution in [0.1, 0.15) is 85.2 Å². The van der Waals surface area contributed by atoms with Gasteiger partial charge in [-0.3, -0.25) is 4.79 Å². The minimum atomic E-state index is -1.12. The van der Waals surface area contributed by atoms with Crippen LogP contribution in [-0.2, 0) is 16.1 Å².